The minimum Gasteiger partial charge on any atom is -0.492 e. The fourth-order valence-corrected chi connectivity index (χ4v) is 5.12. The lowest BCUT2D eigenvalue weighted by atomic mass is 9.82. The first-order valence-corrected chi connectivity index (χ1v) is 12.0. The fraction of sp³-hybridized carbons (Fsp3) is 0.423. The van der Waals surface area contributed by atoms with Crippen LogP contribution in [0.25, 0.3) is 10.9 Å². The van der Waals surface area contributed by atoms with E-state index in [1.165, 1.54) is 17.0 Å². The molecule has 7 nitrogen and oxygen atoms in total. The summed E-state index contributed by atoms with van der Waals surface area (Å²) < 4.78 is 59.7. The molecule has 1 aromatic heterocycles. The van der Waals surface area contributed by atoms with E-state index >= 15 is 0 Å². The SMILES string of the molecule is Cc1nc(NCc2cccc(C(F)F)c2F)c2cc(C3(O)CCN(C(=O)CF)CC3)c3c(c2n1)CCO3. The molecule has 5 rings (SSSR count). The van der Waals surface area contributed by atoms with Crippen molar-refractivity contribution < 1.29 is 32.2 Å². The van der Waals surface area contributed by atoms with Gasteiger partial charge in [0.25, 0.3) is 12.3 Å². The van der Waals surface area contributed by atoms with Gasteiger partial charge in [-0.05, 0) is 25.8 Å². The number of likely N-dealkylation sites (tertiary alicyclic amines) is 1. The number of anilines is 1. The molecule has 3 aromatic rings. The Labute approximate surface area is 210 Å². The number of carbonyl (C=O) groups excluding carboxylic acids is 1. The van der Waals surface area contributed by atoms with Crippen LogP contribution in [0.5, 0.6) is 5.75 Å². The first-order valence-electron chi connectivity index (χ1n) is 12.0. The smallest absolute Gasteiger partial charge is 0.266 e. The average molecular weight is 519 g/mol. The van der Waals surface area contributed by atoms with Gasteiger partial charge < -0.3 is 20.1 Å². The first kappa shape index (κ1) is 25.2. The molecule has 37 heavy (non-hydrogen) atoms. The summed E-state index contributed by atoms with van der Waals surface area (Å²) in [6, 6.07) is 5.59. The lowest BCUT2D eigenvalue weighted by molar-refractivity contribution is -0.136. The Morgan fingerprint density at radius 3 is 2.73 bits per heavy atom. The van der Waals surface area contributed by atoms with Crippen molar-refractivity contribution in [3.05, 3.63) is 58.2 Å². The van der Waals surface area contributed by atoms with Gasteiger partial charge in [0.2, 0.25) is 0 Å². The quantitative estimate of drug-likeness (QED) is 0.472. The molecule has 0 aliphatic carbocycles. The third-order valence-corrected chi connectivity index (χ3v) is 7.10. The van der Waals surface area contributed by atoms with Gasteiger partial charge >= 0.3 is 0 Å². The minimum atomic E-state index is -2.93. The molecule has 0 saturated carbocycles. The van der Waals surface area contributed by atoms with E-state index in [1.54, 1.807) is 13.0 Å². The van der Waals surface area contributed by atoms with E-state index in [9.17, 15) is 27.5 Å². The van der Waals surface area contributed by atoms with E-state index in [2.05, 4.69) is 15.3 Å². The van der Waals surface area contributed by atoms with Crippen LogP contribution in [0, 0.1) is 12.7 Å². The molecule has 0 bridgehead atoms. The summed E-state index contributed by atoms with van der Waals surface area (Å²) in [5.41, 5.74) is 0.0383. The minimum absolute atomic E-state index is 0.0652. The Morgan fingerprint density at radius 2 is 2.03 bits per heavy atom. The number of ether oxygens (including phenoxy) is 1. The van der Waals surface area contributed by atoms with E-state index in [0.29, 0.717) is 46.9 Å². The van der Waals surface area contributed by atoms with Crippen LogP contribution in [0.3, 0.4) is 0 Å². The molecule has 2 aliphatic rings. The molecule has 0 unspecified atom stereocenters. The third-order valence-electron chi connectivity index (χ3n) is 7.10. The number of hydrogen-bond donors (Lipinski definition) is 2. The number of alkyl halides is 3. The van der Waals surface area contributed by atoms with Crippen molar-refractivity contribution in [2.45, 2.75) is 44.8 Å². The Balaban J connectivity index is 1.53. The van der Waals surface area contributed by atoms with Crippen LogP contribution in [-0.4, -0.2) is 52.3 Å². The number of aliphatic hydroxyl groups is 1. The number of fused-ring (bicyclic) bond motifs is 3. The molecule has 196 valence electrons. The zero-order chi connectivity index (χ0) is 26.3. The molecule has 11 heteroatoms. The predicted octanol–water partition coefficient (Wildman–Crippen LogP) is 4.34. The van der Waals surface area contributed by atoms with Gasteiger partial charge in [-0.2, -0.15) is 0 Å². The number of nitrogens with zero attached hydrogens (tertiary/aromatic N) is 3. The van der Waals surface area contributed by atoms with Gasteiger partial charge in [0.1, 0.15) is 23.2 Å². The van der Waals surface area contributed by atoms with Crippen molar-refractivity contribution in [3.8, 4) is 5.75 Å². The number of rotatable bonds is 6. The van der Waals surface area contributed by atoms with Gasteiger partial charge in [0.15, 0.2) is 6.67 Å². The summed E-state index contributed by atoms with van der Waals surface area (Å²) in [5, 5.41) is 15.3. The van der Waals surface area contributed by atoms with Gasteiger partial charge in [0, 0.05) is 48.1 Å². The van der Waals surface area contributed by atoms with Gasteiger partial charge in [-0.1, -0.05) is 18.2 Å². The number of hydrogen-bond acceptors (Lipinski definition) is 6. The van der Waals surface area contributed by atoms with E-state index in [-0.39, 0.29) is 38.0 Å². The molecule has 2 aromatic carbocycles. The van der Waals surface area contributed by atoms with E-state index in [1.807, 2.05) is 0 Å². The Hall–Kier alpha value is -3.47. The van der Waals surface area contributed by atoms with Crippen LogP contribution in [-0.2, 0) is 23.4 Å². The normalized spacial score (nSPS) is 16.7. The molecule has 3 heterocycles. The van der Waals surface area contributed by atoms with Gasteiger partial charge in [-0.25, -0.2) is 27.5 Å². The molecular weight excluding hydrogens is 492 g/mol. The second-order valence-corrected chi connectivity index (χ2v) is 9.37. The second kappa shape index (κ2) is 9.77. The second-order valence-electron chi connectivity index (χ2n) is 9.37. The van der Waals surface area contributed by atoms with Crippen molar-refractivity contribution in [1.29, 1.82) is 0 Å². The van der Waals surface area contributed by atoms with Crippen LogP contribution in [0.2, 0.25) is 0 Å². The van der Waals surface area contributed by atoms with Gasteiger partial charge in [-0.3, -0.25) is 4.79 Å². The van der Waals surface area contributed by atoms with Crippen molar-refractivity contribution in [3.63, 3.8) is 0 Å². The highest BCUT2D eigenvalue weighted by Gasteiger charge is 2.40. The number of benzene rings is 2. The monoisotopic (exact) mass is 518 g/mol. The largest absolute Gasteiger partial charge is 0.492 e. The Morgan fingerprint density at radius 1 is 1.27 bits per heavy atom. The highest BCUT2D eigenvalue weighted by Crippen LogP contribution is 2.45. The topological polar surface area (TPSA) is 87.6 Å². The maximum absolute atomic E-state index is 14.6. The summed E-state index contributed by atoms with van der Waals surface area (Å²) in [7, 11) is 0. The maximum Gasteiger partial charge on any atom is 0.266 e. The molecule has 1 saturated heterocycles. The molecule has 0 radical (unpaired) electrons. The molecule has 2 N–H and O–H groups in total. The van der Waals surface area contributed by atoms with Gasteiger partial charge in [0.05, 0.1) is 23.3 Å². The fourth-order valence-electron chi connectivity index (χ4n) is 5.12. The lowest BCUT2D eigenvalue weighted by Gasteiger charge is -2.39. The first-order chi connectivity index (χ1) is 17.7. The highest BCUT2D eigenvalue weighted by molar-refractivity contribution is 5.94. The van der Waals surface area contributed by atoms with E-state index in [4.69, 9.17) is 4.74 Å². The number of aryl methyl sites for hydroxylation is 1. The molecule has 2 aliphatic heterocycles. The molecule has 0 atom stereocenters. The number of carbonyl (C=O) groups is 1. The zero-order valence-electron chi connectivity index (χ0n) is 20.2. The number of amides is 1. The molecule has 1 amide bonds. The zero-order valence-corrected chi connectivity index (χ0v) is 20.2. The van der Waals surface area contributed by atoms with Crippen LogP contribution in [0.4, 0.5) is 23.4 Å². The number of piperidine rings is 1. The lowest BCUT2D eigenvalue weighted by Crippen LogP contribution is -2.45. The predicted molar refractivity (Wildman–Crippen MR) is 128 cm³/mol. The van der Waals surface area contributed by atoms with Crippen molar-refractivity contribution in [2.75, 3.05) is 31.7 Å². The van der Waals surface area contributed by atoms with Crippen molar-refractivity contribution in [1.82, 2.24) is 14.9 Å². The van der Waals surface area contributed by atoms with Crippen LogP contribution in [0.15, 0.2) is 24.3 Å². The van der Waals surface area contributed by atoms with Crippen molar-refractivity contribution >= 4 is 22.6 Å². The third kappa shape index (κ3) is 4.56. The number of aromatic nitrogens is 2. The average Bonchev–Trinajstić information content (AvgIpc) is 3.37. The molecule has 0 spiro atoms. The van der Waals surface area contributed by atoms with Crippen LogP contribution >= 0.6 is 0 Å². The summed E-state index contributed by atoms with van der Waals surface area (Å²) in [6.07, 6.45) is -1.98. The number of halogens is 4. The molecule has 1 fully saturated rings. The summed E-state index contributed by atoms with van der Waals surface area (Å²) >= 11 is 0. The van der Waals surface area contributed by atoms with Gasteiger partial charge in [-0.15, -0.1) is 0 Å². The Bertz CT molecular complexity index is 1360. The molecular formula is C26H26F4N4O3. The van der Waals surface area contributed by atoms with Crippen LogP contribution in [0.1, 0.15) is 47.3 Å². The van der Waals surface area contributed by atoms with E-state index in [0.717, 1.165) is 11.6 Å². The van der Waals surface area contributed by atoms with Crippen molar-refractivity contribution in [2.24, 2.45) is 0 Å². The standard InChI is InChI=1S/C26H26F4N4O3/c1-14-32-22-17-5-10-37-23(17)19(26(36)6-8-34(9-7-26)20(35)12-27)11-18(22)25(33-14)31-13-15-3-2-4-16(21(15)28)24(29)30/h2-4,11,24,36H,5-10,12-13H2,1H3,(H,31,32,33). The van der Waals surface area contributed by atoms with Crippen LogP contribution < -0.4 is 10.1 Å². The summed E-state index contributed by atoms with van der Waals surface area (Å²) in [4.78, 5) is 22.2. The van der Waals surface area contributed by atoms with E-state index < -0.39 is 36.0 Å². The highest BCUT2D eigenvalue weighted by atomic mass is 19.3. The number of nitrogens with one attached hydrogen (secondary N) is 1. The summed E-state index contributed by atoms with van der Waals surface area (Å²) in [6.45, 7) is 1.33. The Kier molecular flexibility index (Phi) is 6.65. The summed E-state index contributed by atoms with van der Waals surface area (Å²) in [5.74, 6) is -0.219. The maximum atomic E-state index is 14.6.